The number of aliphatic carboxylic acids is 1. The first-order valence-corrected chi connectivity index (χ1v) is 13.4. The number of carbonyl (C=O) groups excluding carboxylic acids is 2. The van der Waals surface area contributed by atoms with E-state index in [-0.39, 0.29) is 30.5 Å². The molecule has 0 bridgehead atoms. The number of carboxylic acids is 1. The zero-order chi connectivity index (χ0) is 25.0. The van der Waals surface area contributed by atoms with E-state index in [2.05, 4.69) is 10.6 Å². The highest BCUT2D eigenvalue weighted by Gasteiger charge is 2.31. The normalized spacial score (nSPS) is 19.5. The van der Waals surface area contributed by atoms with Crippen molar-refractivity contribution >= 4 is 27.8 Å². The zero-order valence-electron chi connectivity index (χ0n) is 19.1. The highest BCUT2D eigenvalue weighted by Crippen LogP contribution is 2.44. The molecule has 0 saturated carbocycles. The lowest BCUT2D eigenvalue weighted by molar-refractivity contribution is -0.140. The van der Waals surface area contributed by atoms with Crippen LogP contribution in [0.25, 0.3) is 11.1 Å². The Labute approximate surface area is 203 Å². The van der Waals surface area contributed by atoms with E-state index < -0.39 is 46.3 Å². The van der Waals surface area contributed by atoms with Gasteiger partial charge in [0.05, 0.1) is 17.9 Å². The van der Waals surface area contributed by atoms with Crippen molar-refractivity contribution in [2.75, 3.05) is 18.1 Å². The van der Waals surface area contributed by atoms with Crippen LogP contribution in [0.15, 0.2) is 48.5 Å². The number of hydrogen-bond donors (Lipinski definition) is 3. The van der Waals surface area contributed by atoms with Gasteiger partial charge in [0, 0.05) is 12.0 Å². The first-order valence-electron chi connectivity index (χ1n) is 11.6. The summed E-state index contributed by atoms with van der Waals surface area (Å²) in [6.45, 7) is 0.0295. The Morgan fingerprint density at radius 2 is 1.60 bits per heavy atom. The number of carboxylic acid groups (broad SMARTS) is 1. The number of ether oxygens (including phenoxy) is 1. The first-order chi connectivity index (χ1) is 16.7. The van der Waals surface area contributed by atoms with E-state index in [0.717, 1.165) is 22.3 Å². The van der Waals surface area contributed by atoms with Crippen LogP contribution in [0.5, 0.6) is 0 Å². The molecule has 2 amide bonds. The maximum absolute atomic E-state index is 12.7. The largest absolute Gasteiger partial charge is 0.481 e. The molecule has 2 atom stereocenters. The van der Waals surface area contributed by atoms with Gasteiger partial charge >= 0.3 is 12.1 Å². The summed E-state index contributed by atoms with van der Waals surface area (Å²) in [5, 5.41) is 14.3. The van der Waals surface area contributed by atoms with E-state index in [1.54, 1.807) is 0 Å². The minimum absolute atomic E-state index is 0.0295. The number of hydrogen-bond acceptors (Lipinski definition) is 6. The molecule has 1 aliphatic heterocycles. The molecule has 10 heteroatoms. The average molecular weight is 501 g/mol. The molecule has 186 valence electrons. The predicted octanol–water partition coefficient (Wildman–Crippen LogP) is 2.45. The lowest BCUT2D eigenvalue weighted by atomic mass is 9.98. The van der Waals surface area contributed by atoms with E-state index in [1.165, 1.54) is 0 Å². The van der Waals surface area contributed by atoms with Gasteiger partial charge in [-0.15, -0.1) is 0 Å². The van der Waals surface area contributed by atoms with Crippen molar-refractivity contribution in [2.24, 2.45) is 0 Å². The second-order valence-corrected chi connectivity index (χ2v) is 11.2. The van der Waals surface area contributed by atoms with Crippen molar-refractivity contribution in [2.45, 2.75) is 43.7 Å². The van der Waals surface area contributed by atoms with Crippen LogP contribution in [0.2, 0.25) is 0 Å². The SMILES string of the molecule is O=C(O)CC(NC(=O)OCC1c2ccccc2-c2ccccc21)C(=O)NC1CCCS(=O)(=O)CC1. The van der Waals surface area contributed by atoms with Crippen LogP contribution in [-0.4, -0.2) is 61.7 Å². The molecule has 3 N–H and O–H groups in total. The van der Waals surface area contributed by atoms with Gasteiger partial charge in [-0.05, 0) is 41.5 Å². The molecule has 2 aromatic rings. The summed E-state index contributed by atoms with van der Waals surface area (Å²) in [4.78, 5) is 36.6. The zero-order valence-corrected chi connectivity index (χ0v) is 19.9. The summed E-state index contributed by atoms with van der Waals surface area (Å²) in [5.74, 6) is -2.08. The Balaban J connectivity index is 1.38. The molecule has 1 fully saturated rings. The Morgan fingerprint density at radius 3 is 2.23 bits per heavy atom. The maximum atomic E-state index is 12.7. The molecule has 2 aromatic carbocycles. The minimum Gasteiger partial charge on any atom is -0.481 e. The van der Waals surface area contributed by atoms with Crippen molar-refractivity contribution in [1.29, 1.82) is 0 Å². The molecule has 0 radical (unpaired) electrons. The number of benzene rings is 2. The third-order valence-corrected chi connectivity index (χ3v) is 8.23. The molecule has 4 rings (SSSR count). The predicted molar refractivity (Wildman–Crippen MR) is 129 cm³/mol. The average Bonchev–Trinajstić information content (AvgIpc) is 3.03. The van der Waals surface area contributed by atoms with Crippen molar-refractivity contribution in [3.05, 3.63) is 59.7 Å². The van der Waals surface area contributed by atoms with Crippen LogP contribution in [0, 0.1) is 0 Å². The van der Waals surface area contributed by atoms with Crippen molar-refractivity contribution in [1.82, 2.24) is 10.6 Å². The van der Waals surface area contributed by atoms with Gasteiger partial charge in [-0.25, -0.2) is 13.2 Å². The van der Waals surface area contributed by atoms with E-state index in [1.807, 2.05) is 48.5 Å². The van der Waals surface area contributed by atoms with Gasteiger partial charge in [0.15, 0.2) is 0 Å². The monoisotopic (exact) mass is 500 g/mol. The Bertz CT molecular complexity index is 1180. The molecule has 0 aromatic heterocycles. The third kappa shape index (κ3) is 6.00. The van der Waals surface area contributed by atoms with Gasteiger partial charge < -0.3 is 20.5 Å². The fraction of sp³-hybridized carbons (Fsp3) is 0.400. The highest BCUT2D eigenvalue weighted by atomic mass is 32.2. The van der Waals surface area contributed by atoms with Crippen molar-refractivity contribution < 1.29 is 32.6 Å². The summed E-state index contributed by atoms with van der Waals surface area (Å²) < 4.78 is 29.0. The smallest absolute Gasteiger partial charge is 0.407 e. The van der Waals surface area contributed by atoms with Crippen molar-refractivity contribution in [3.8, 4) is 11.1 Å². The number of fused-ring (bicyclic) bond motifs is 3. The molecule has 2 unspecified atom stereocenters. The number of nitrogens with one attached hydrogen (secondary N) is 2. The Morgan fingerprint density at radius 1 is 0.971 bits per heavy atom. The van der Waals surface area contributed by atoms with Gasteiger partial charge in [-0.2, -0.15) is 0 Å². The molecular weight excluding hydrogens is 472 g/mol. The summed E-state index contributed by atoms with van der Waals surface area (Å²) in [7, 11) is -3.14. The quantitative estimate of drug-likeness (QED) is 0.531. The fourth-order valence-electron chi connectivity index (χ4n) is 4.73. The Hall–Kier alpha value is -3.40. The number of sulfone groups is 1. The summed E-state index contributed by atoms with van der Waals surface area (Å²) in [5.41, 5.74) is 4.21. The first kappa shape index (κ1) is 24.7. The van der Waals surface area contributed by atoms with Crippen LogP contribution in [0.3, 0.4) is 0 Å². The topological polar surface area (TPSA) is 139 Å². The van der Waals surface area contributed by atoms with Crippen molar-refractivity contribution in [3.63, 3.8) is 0 Å². The van der Waals surface area contributed by atoms with Crippen LogP contribution < -0.4 is 10.6 Å². The molecule has 35 heavy (non-hydrogen) atoms. The third-order valence-electron chi connectivity index (χ3n) is 6.46. The van der Waals surface area contributed by atoms with Gasteiger partial charge in [-0.3, -0.25) is 9.59 Å². The Kier molecular flexibility index (Phi) is 7.39. The fourth-order valence-corrected chi connectivity index (χ4v) is 6.18. The van der Waals surface area contributed by atoms with Gasteiger partial charge in [0.25, 0.3) is 0 Å². The molecule has 0 spiro atoms. The van der Waals surface area contributed by atoms with E-state index >= 15 is 0 Å². The highest BCUT2D eigenvalue weighted by molar-refractivity contribution is 7.91. The summed E-state index contributed by atoms with van der Waals surface area (Å²) >= 11 is 0. The number of amides is 2. The van der Waals surface area contributed by atoms with Crippen LogP contribution in [0.4, 0.5) is 4.79 Å². The van der Waals surface area contributed by atoms with Crippen LogP contribution >= 0.6 is 0 Å². The second-order valence-electron chi connectivity index (χ2n) is 8.91. The molecular formula is C25H28N2O7S. The maximum Gasteiger partial charge on any atom is 0.407 e. The summed E-state index contributed by atoms with van der Waals surface area (Å²) in [6.07, 6.45) is -0.386. The lowest BCUT2D eigenvalue weighted by Gasteiger charge is -2.22. The number of carbonyl (C=O) groups is 3. The number of alkyl carbamates (subject to hydrolysis) is 1. The van der Waals surface area contributed by atoms with E-state index in [4.69, 9.17) is 4.74 Å². The summed E-state index contributed by atoms with van der Waals surface area (Å²) in [6, 6.07) is 14.0. The molecule has 1 heterocycles. The lowest BCUT2D eigenvalue weighted by Crippen LogP contribution is -2.50. The van der Waals surface area contributed by atoms with Gasteiger partial charge in [0.1, 0.15) is 22.5 Å². The van der Waals surface area contributed by atoms with Crippen LogP contribution in [-0.2, 0) is 24.2 Å². The van der Waals surface area contributed by atoms with Crippen LogP contribution in [0.1, 0.15) is 42.7 Å². The van der Waals surface area contributed by atoms with Gasteiger partial charge in [-0.1, -0.05) is 48.5 Å². The molecule has 2 aliphatic rings. The second kappa shape index (κ2) is 10.5. The standard InChI is InChI=1S/C25H28N2O7S/c28-23(29)14-22(24(30)26-16-6-5-12-35(32,33)13-11-16)27-25(31)34-15-21-19-9-3-1-7-17(19)18-8-2-4-10-20(18)21/h1-4,7-10,16,21-22H,5-6,11-15H2,(H,26,30)(H,27,31)(H,28,29). The van der Waals surface area contributed by atoms with E-state index in [9.17, 15) is 27.9 Å². The molecule has 1 saturated heterocycles. The minimum atomic E-state index is -3.14. The number of rotatable bonds is 7. The molecule has 1 aliphatic carbocycles. The van der Waals surface area contributed by atoms with E-state index in [0.29, 0.717) is 12.8 Å². The van der Waals surface area contributed by atoms with Gasteiger partial charge in [0.2, 0.25) is 5.91 Å². The molecule has 9 nitrogen and oxygen atoms in total.